The van der Waals surface area contributed by atoms with Crippen LogP contribution >= 0.6 is 11.6 Å². The van der Waals surface area contributed by atoms with Crippen molar-refractivity contribution in [2.45, 2.75) is 25.8 Å². The van der Waals surface area contributed by atoms with Crippen LogP contribution in [0.2, 0.25) is 5.02 Å². The van der Waals surface area contributed by atoms with Gasteiger partial charge in [-0.15, -0.1) is 0 Å². The molecule has 0 saturated carbocycles. The van der Waals surface area contributed by atoms with Crippen molar-refractivity contribution in [1.82, 2.24) is 10.2 Å². The number of hydrogen-bond acceptors (Lipinski definition) is 2. The number of likely N-dealkylation sites (tertiary alicyclic amines) is 1. The maximum Gasteiger partial charge on any atom is 0.127 e. The van der Waals surface area contributed by atoms with Crippen molar-refractivity contribution < 1.29 is 4.39 Å². The molecule has 1 aliphatic rings. The largest absolute Gasteiger partial charge is 0.313 e. The molecule has 106 valence electrons. The third kappa shape index (κ3) is 4.75. The highest BCUT2D eigenvalue weighted by Crippen LogP contribution is 2.19. The Morgan fingerprint density at radius 3 is 2.84 bits per heavy atom. The molecule has 19 heavy (non-hydrogen) atoms. The molecule has 1 saturated heterocycles. The lowest BCUT2D eigenvalue weighted by Crippen LogP contribution is -2.31. The highest BCUT2D eigenvalue weighted by molar-refractivity contribution is 6.30. The van der Waals surface area contributed by atoms with Gasteiger partial charge < -0.3 is 10.2 Å². The summed E-state index contributed by atoms with van der Waals surface area (Å²) in [6.07, 6.45) is 3.74. The molecular weight excluding hydrogens is 263 g/mol. The van der Waals surface area contributed by atoms with E-state index in [9.17, 15) is 4.39 Å². The van der Waals surface area contributed by atoms with Crippen molar-refractivity contribution in [3.8, 4) is 0 Å². The number of piperidine rings is 1. The Morgan fingerprint density at radius 1 is 1.37 bits per heavy atom. The third-order valence-electron chi connectivity index (χ3n) is 3.89. The molecule has 0 bridgehead atoms. The van der Waals surface area contributed by atoms with E-state index in [1.165, 1.54) is 38.4 Å². The van der Waals surface area contributed by atoms with Gasteiger partial charge in [0, 0.05) is 17.1 Å². The van der Waals surface area contributed by atoms with Crippen LogP contribution in [-0.2, 0) is 6.54 Å². The van der Waals surface area contributed by atoms with E-state index in [2.05, 4.69) is 17.3 Å². The van der Waals surface area contributed by atoms with Crippen molar-refractivity contribution in [2.24, 2.45) is 5.92 Å². The summed E-state index contributed by atoms with van der Waals surface area (Å²) in [5, 5.41) is 3.91. The summed E-state index contributed by atoms with van der Waals surface area (Å²) < 4.78 is 13.5. The molecule has 2 nitrogen and oxygen atoms in total. The Kier molecular flexibility index (Phi) is 5.61. The van der Waals surface area contributed by atoms with E-state index < -0.39 is 0 Å². The Morgan fingerprint density at radius 2 is 2.11 bits per heavy atom. The zero-order valence-corrected chi connectivity index (χ0v) is 12.2. The summed E-state index contributed by atoms with van der Waals surface area (Å²) in [5.74, 6) is 0.629. The lowest BCUT2D eigenvalue weighted by Gasteiger charge is -2.28. The van der Waals surface area contributed by atoms with E-state index >= 15 is 0 Å². The van der Waals surface area contributed by atoms with Crippen molar-refractivity contribution in [1.29, 1.82) is 0 Å². The van der Waals surface area contributed by atoms with Gasteiger partial charge in [-0.2, -0.15) is 0 Å². The average Bonchev–Trinajstić information content (AvgIpc) is 2.40. The van der Waals surface area contributed by atoms with Crippen molar-refractivity contribution in [3.63, 3.8) is 0 Å². The van der Waals surface area contributed by atoms with Crippen LogP contribution in [0, 0.1) is 11.7 Å². The fraction of sp³-hybridized carbons (Fsp3) is 0.600. The summed E-state index contributed by atoms with van der Waals surface area (Å²) in [6.45, 7) is 3.90. The molecule has 1 heterocycles. The smallest absolute Gasteiger partial charge is 0.127 e. The third-order valence-corrected chi connectivity index (χ3v) is 4.13. The van der Waals surface area contributed by atoms with Gasteiger partial charge in [0.2, 0.25) is 0 Å². The molecule has 0 spiro atoms. The summed E-state index contributed by atoms with van der Waals surface area (Å²) in [4.78, 5) is 2.38. The second-order valence-electron chi connectivity index (χ2n) is 5.45. The van der Waals surface area contributed by atoms with Crippen LogP contribution in [0.15, 0.2) is 18.2 Å². The van der Waals surface area contributed by atoms with Gasteiger partial charge >= 0.3 is 0 Å². The van der Waals surface area contributed by atoms with Crippen LogP contribution in [-0.4, -0.2) is 31.6 Å². The lowest BCUT2D eigenvalue weighted by atomic mass is 9.94. The number of halogens is 2. The molecule has 0 unspecified atom stereocenters. The van der Waals surface area contributed by atoms with Crippen LogP contribution in [0.4, 0.5) is 4.39 Å². The molecule has 1 aromatic carbocycles. The van der Waals surface area contributed by atoms with Gasteiger partial charge in [0.15, 0.2) is 0 Å². The normalized spacial score (nSPS) is 17.8. The first-order chi connectivity index (χ1) is 9.15. The van der Waals surface area contributed by atoms with Gasteiger partial charge in [-0.3, -0.25) is 0 Å². The number of hydrogen-bond donors (Lipinski definition) is 1. The molecule has 1 aromatic rings. The van der Waals surface area contributed by atoms with Gasteiger partial charge in [-0.1, -0.05) is 11.6 Å². The van der Waals surface area contributed by atoms with E-state index in [0.29, 0.717) is 17.1 Å². The first-order valence-corrected chi connectivity index (χ1v) is 7.36. The zero-order chi connectivity index (χ0) is 13.7. The number of rotatable bonds is 5. The van der Waals surface area contributed by atoms with E-state index in [0.717, 1.165) is 12.5 Å². The second kappa shape index (κ2) is 7.22. The maximum absolute atomic E-state index is 13.5. The molecule has 2 rings (SSSR count). The minimum absolute atomic E-state index is 0.184. The summed E-state index contributed by atoms with van der Waals surface area (Å²) in [6, 6.07) is 4.70. The van der Waals surface area contributed by atoms with Gasteiger partial charge in [0.05, 0.1) is 0 Å². The first kappa shape index (κ1) is 14.8. The molecule has 1 aliphatic heterocycles. The Balaban J connectivity index is 1.68. The van der Waals surface area contributed by atoms with Gasteiger partial charge in [-0.05, 0) is 70.1 Å². The summed E-state index contributed by atoms with van der Waals surface area (Å²) in [5.41, 5.74) is 0.649. The SMILES string of the molecule is CN1CCC(CCNCc2cc(Cl)ccc2F)CC1. The molecule has 0 atom stereocenters. The van der Waals surface area contributed by atoms with Crippen LogP contribution in [0.5, 0.6) is 0 Å². The monoisotopic (exact) mass is 284 g/mol. The number of nitrogens with one attached hydrogen (secondary N) is 1. The molecular formula is C15H22ClFN2. The minimum Gasteiger partial charge on any atom is -0.313 e. The van der Waals surface area contributed by atoms with E-state index in [1.807, 2.05) is 0 Å². The lowest BCUT2D eigenvalue weighted by molar-refractivity contribution is 0.211. The Bertz CT molecular complexity index is 403. The van der Waals surface area contributed by atoms with Crippen LogP contribution in [0.1, 0.15) is 24.8 Å². The summed E-state index contributed by atoms with van der Waals surface area (Å²) in [7, 11) is 2.18. The maximum atomic E-state index is 13.5. The van der Waals surface area contributed by atoms with E-state index in [-0.39, 0.29) is 5.82 Å². The quantitative estimate of drug-likeness (QED) is 0.835. The van der Waals surface area contributed by atoms with E-state index in [4.69, 9.17) is 11.6 Å². The average molecular weight is 285 g/mol. The van der Waals surface area contributed by atoms with Gasteiger partial charge in [-0.25, -0.2) is 4.39 Å². The molecule has 4 heteroatoms. The molecule has 1 fully saturated rings. The number of benzene rings is 1. The van der Waals surface area contributed by atoms with Gasteiger partial charge in [0.1, 0.15) is 5.82 Å². The zero-order valence-electron chi connectivity index (χ0n) is 11.5. The van der Waals surface area contributed by atoms with Crippen LogP contribution in [0.3, 0.4) is 0 Å². The van der Waals surface area contributed by atoms with Crippen molar-refractivity contribution in [3.05, 3.63) is 34.6 Å². The highest BCUT2D eigenvalue weighted by atomic mass is 35.5. The Labute approximate surface area is 119 Å². The molecule has 0 radical (unpaired) electrons. The minimum atomic E-state index is -0.184. The molecule has 0 aromatic heterocycles. The topological polar surface area (TPSA) is 15.3 Å². The molecule has 0 aliphatic carbocycles. The van der Waals surface area contributed by atoms with Crippen molar-refractivity contribution in [2.75, 3.05) is 26.7 Å². The summed E-state index contributed by atoms with van der Waals surface area (Å²) >= 11 is 5.87. The fourth-order valence-corrected chi connectivity index (χ4v) is 2.75. The standard InChI is InChI=1S/C15H22ClFN2/c1-19-8-5-12(6-9-19)4-7-18-11-13-10-14(16)2-3-15(13)17/h2-3,10,12,18H,4-9,11H2,1H3. The first-order valence-electron chi connectivity index (χ1n) is 6.98. The Hall–Kier alpha value is -0.640. The van der Waals surface area contributed by atoms with Crippen LogP contribution in [0.25, 0.3) is 0 Å². The second-order valence-corrected chi connectivity index (χ2v) is 5.88. The predicted octanol–water partition coefficient (Wildman–Crippen LogP) is 3.30. The predicted molar refractivity (Wildman–Crippen MR) is 78.0 cm³/mol. The highest BCUT2D eigenvalue weighted by Gasteiger charge is 2.15. The molecule has 0 amide bonds. The van der Waals surface area contributed by atoms with Crippen molar-refractivity contribution >= 4 is 11.6 Å². The fourth-order valence-electron chi connectivity index (χ4n) is 2.56. The van der Waals surface area contributed by atoms with Crippen LogP contribution < -0.4 is 5.32 Å². The number of nitrogens with zero attached hydrogens (tertiary/aromatic N) is 1. The van der Waals surface area contributed by atoms with E-state index in [1.54, 1.807) is 12.1 Å². The molecule has 1 N–H and O–H groups in total. The van der Waals surface area contributed by atoms with Gasteiger partial charge in [0.25, 0.3) is 0 Å².